The number of halogens is 5. The van der Waals surface area contributed by atoms with Crippen molar-refractivity contribution >= 4 is 99.3 Å². The Hall–Kier alpha value is -3.01. The summed E-state index contributed by atoms with van der Waals surface area (Å²) in [6, 6.07) is 24.0. The predicted molar refractivity (Wildman–Crippen MR) is 180 cm³/mol. The van der Waals surface area contributed by atoms with Gasteiger partial charge in [-0.05, 0) is 83.6 Å². The van der Waals surface area contributed by atoms with Crippen molar-refractivity contribution in [3.05, 3.63) is 127 Å². The van der Waals surface area contributed by atoms with Crippen LogP contribution in [-0.4, -0.2) is 5.91 Å². The molecule has 0 fully saturated rings. The molecule has 2 heterocycles. The first-order chi connectivity index (χ1) is 18.7. The SMILES string of the molecule is Brc1cccc2sccc12.C.C.Nc1ccc(F)c(Cl)c1.O=C(Nc1ccc(F)c(Cl)c1)c1cccc2sccc12. The number of nitrogens with one attached hydrogen (secondary N) is 1. The zero-order valence-electron chi connectivity index (χ0n) is 19.9. The maximum atomic E-state index is 13.1. The second-order valence-electron chi connectivity index (χ2n) is 7.97. The first-order valence-corrected chi connectivity index (χ1v) is 14.6. The van der Waals surface area contributed by atoms with Gasteiger partial charge in [0.1, 0.15) is 11.6 Å². The van der Waals surface area contributed by atoms with Crippen LogP contribution in [0.4, 0.5) is 20.2 Å². The maximum absolute atomic E-state index is 13.1. The molecule has 0 saturated heterocycles. The van der Waals surface area contributed by atoms with Crippen molar-refractivity contribution in [1.82, 2.24) is 0 Å². The van der Waals surface area contributed by atoms with Gasteiger partial charge in [0.05, 0.1) is 10.0 Å². The Balaban J connectivity index is 0.000000236. The molecule has 6 rings (SSSR count). The number of carbonyl (C=O) groups excluding carboxylic acids is 1. The summed E-state index contributed by atoms with van der Waals surface area (Å²) in [5.74, 6) is -1.19. The highest BCUT2D eigenvalue weighted by atomic mass is 79.9. The van der Waals surface area contributed by atoms with Gasteiger partial charge in [-0.2, -0.15) is 0 Å². The molecule has 3 N–H and O–H groups in total. The minimum atomic E-state index is -0.510. The van der Waals surface area contributed by atoms with Crippen LogP contribution in [0.1, 0.15) is 25.2 Å². The molecule has 0 saturated carbocycles. The predicted octanol–water partition coefficient (Wildman–Crippen LogP) is 11.9. The van der Waals surface area contributed by atoms with Gasteiger partial charge in [-0.3, -0.25) is 4.79 Å². The van der Waals surface area contributed by atoms with Gasteiger partial charge in [0.15, 0.2) is 0 Å². The van der Waals surface area contributed by atoms with E-state index in [1.165, 1.54) is 51.0 Å². The number of nitrogens with two attached hydrogens (primary N) is 1. The summed E-state index contributed by atoms with van der Waals surface area (Å²) in [4.78, 5) is 12.3. The lowest BCUT2D eigenvalue weighted by molar-refractivity contribution is 0.102. The van der Waals surface area contributed by atoms with E-state index in [9.17, 15) is 13.6 Å². The van der Waals surface area contributed by atoms with E-state index in [0.717, 1.165) is 10.1 Å². The summed E-state index contributed by atoms with van der Waals surface area (Å²) < 4.78 is 29.0. The van der Waals surface area contributed by atoms with Crippen LogP contribution < -0.4 is 11.1 Å². The van der Waals surface area contributed by atoms with Crippen molar-refractivity contribution in [3.63, 3.8) is 0 Å². The summed E-state index contributed by atoms with van der Waals surface area (Å²) in [6.45, 7) is 0. The van der Waals surface area contributed by atoms with Crippen LogP contribution >= 0.6 is 61.8 Å². The molecule has 10 heteroatoms. The number of thiophene rings is 2. The maximum Gasteiger partial charge on any atom is 0.256 e. The van der Waals surface area contributed by atoms with E-state index in [1.807, 2.05) is 23.6 Å². The monoisotopic (exact) mass is 694 g/mol. The Morgan fingerprint density at radius 3 is 1.90 bits per heavy atom. The third-order valence-corrected chi connectivity index (χ3v) is 8.34. The van der Waals surface area contributed by atoms with Crippen molar-refractivity contribution in [2.24, 2.45) is 0 Å². The highest BCUT2D eigenvalue weighted by Gasteiger charge is 2.11. The van der Waals surface area contributed by atoms with E-state index in [0.29, 0.717) is 16.9 Å². The minimum absolute atomic E-state index is 0. The zero-order chi connectivity index (χ0) is 27.9. The summed E-state index contributed by atoms with van der Waals surface area (Å²) in [5, 5.41) is 9.04. The second-order valence-corrected chi connectivity index (χ2v) is 11.5. The molecule has 0 spiro atoms. The fraction of sp³-hybridized carbons (Fsp3) is 0.0645. The van der Waals surface area contributed by atoms with Crippen molar-refractivity contribution in [1.29, 1.82) is 0 Å². The average molecular weight is 697 g/mol. The molecule has 0 aliphatic carbocycles. The van der Waals surface area contributed by atoms with E-state index in [2.05, 4.69) is 50.9 Å². The largest absolute Gasteiger partial charge is 0.399 e. The Bertz CT molecular complexity index is 1760. The van der Waals surface area contributed by atoms with Gasteiger partial charge >= 0.3 is 0 Å². The van der Waals surface area contributed by atoms with Gasteiger partial charge in [-0.25, -0.2) is 8.78 Å². The first kappa shape index (κ1) is 34.2. The quantitative estimate of drug-likeness (QED) is 0.177. The fourth-order valence-electron chi connectivity index (χ4n) is 3.43. The molecule has 6 aromatic rings. The molecule has 0 atom stereocenters. The summed E-state index contributed by atoms with van der Waals surface area (Å²) in [5.41, 5.74) is 6.80. The fourth-order valence-corrected chi connectivity index (χ4v) is 6.06. The van der Waals surface area contributed by atoms with Gasteiger partial charge in [0, 0.05) is 41.6 Å². The zero-order valence-corrected chi connectivity index (χ0v) is 24.7. The van der Waals surface area contributed by atoms with Crippen LogP contribution in [0.25, 0.3) is 20.2 Å². The van der Waals surface area contributed by atoms with Crippen molar-refractivity contribution < 1.29 is 13.6 Å². The van der Waals surface area contributed by atoms with Crippen LogP contribution in [0.2, 0.25) is 10.0 Å². The standard InChI is InChI=1S/C15H9ClFNOS.C8H5BrS.C6H5ClFN.2CH4/c16-12-8-9(4-5-13(12)17)18-15(19)11-2-1-3-14-10(11)6-7-20-14;9-7-2-1-3-8-6(7)4-5-10-8;7-5-3-4(9)1-2-6(5)8;;/h1-8H,(H,18,19);1-5H;1-3H,9H2;2*1H4. The molecular weight excluding hydrogens is 669 g/mol. The number of carbonyl (C=O) groups is 1. The Labute approximate surface area is 264 Å². The minimum Gasteiger partial charge on any atom is -0.399 e. The van der Waals surface area contributed by atoms with Crippen molar-refractivity contribution in [2.75, 3.05) is 11.1 Å². The molecule has 4 aromatic carbocycles. The number of rotatable bonds is 2. The molecule has 1 amide bonds. The van der Waals surface area contributed by atoms with E-state index in [4.69, 9.17) is 28.9 Å². The van der Waals surface area contributed by atoms with E-state index < -0.39 is 11.6 Å². The molecular formula is C31H27BrCl2F2N2OS2. The van der Waals surface area contributed by atoms with E-state index in [1.54, 1.807) is 28.7 Å². The summed E-state index contributed by atoms with van der Waals surface area (Å²) in [7, 11) is 0. The van der Waals surface area contributed by atoms with Gasteiger partial charge in [-0.1, -0.05) is 66.1 Å². The Morgan fingerprint density at radius 1 is 0.756 bits per heavy atom. The number of nitrogen functional groups attached to an aromatic ring is 1. The van der Waals surface area contributed by atoms with Crippen molar-refractivity contribution in [2.45, 2.75) is 14.9 Å². The molecule has 0 unspecified atom stereocenters. The van der Waals surface area contributed by atoms with Crippen LogP contribution in [0.15, 0.2) is 100 Å². The normalized spacial score (nSPS) is 9.88. The first-order valence-electron chi connectivity index (χ1n) is 11.3. The number of hydrogen-bond donors (Lipinski definition) is 2. The number of amides is 1. The number of hydrogen-bond acceptors (Lipinski definition) is 4. The van der Waals surface area contributed by atoms with Crippen molar-refractivity contribution in [3.8, 4) is 0 Å². The highest BCUT2D eigenvalue weighted by molar-refractivity contribution is 9.10. The Morgan fingerprint density at radius 2 is 1.32 bits per heavy atom. The lowest BCUT2D eigenvalue weighted by Gasteiger charge is -2.07. The topological polar surface area (TPSA) is 55.1 Å². The molecule has 0 aliphatic heterocycles. The number of fused-ring (bicyclic) bond motifs is 2. The lowest BCUT2D eigenvalue weighted by Crippen LogP contribution is -2.12. The van der Waals surface area contributed by atoms with E-state index in [-0.39, 0.29) is 30.8 Å². The molecule has 0 radical (unpaired) electrons. The summed E-state index contributed by atoms with van der Waals surface area (Å²) >= 11 is 17.9. The molecule has 214 valence electrons. The lowest BCUT2D eigenvalue weighted by atomic mass is 10.1. The van der Waals surface area contributed by atoms with Gasteiger partial charge in [0.2, 0.25) is 0 Å². The molecule has 2 aromatic heterocycles. The number of benzene rings is 4. The van der Waals surface area contributed by atoms with Crippen LogP contribution in [-0.2, 0) is 0 Å². The highest BCUT2D eigenvalue weighted by Crippen LogP contribution is 2.28. The molecule has 0 bridgehead atoms. The smallest absolute Gasteiger partial charge is 0.256 e. The molecule has 3 nitrogen and oxygen atoms in total. The van der Waals surface area contributed by atoms with Gasteiger partial charge < -0.3 is 11.1 Å². The average Bonchev–Trinajstić information content (AvgIpc) is 3.60. The van der Waals surface area contributed by atoms with Gasteiger partial charge in [0.25, 0.3) is 5.91 Å². The molecule has 41 heavy (non-hydrogen) atoms. The van der Waals surface area contributed by atoms with Crippen LogP contribution in [0.3, 0.4) is 0 Å². The third kappa shape index (κ3) is 8.99. The second kappa shape index (κ2) is 15.8. The van der Waals surface area contributed by atoms with Crippen LogP contribution in [0.5, 0.6) is 0 Å². The Kier molecular flexibility index (Phi) is 13.2. The summed E-state index contributed by atoms with van der Waals surface area (Å²) in [6.07, 6.45) is 0. The number of anilines is 2. The molecule has 0 aliphatic rings. The third-order valence-electron chi connectivity index (χ3n) is 5.30. The van der Waals surface area contributed by atoms with Gasteiger partial charge in [-0.15, -0.1) is 22.7 Å². The van der Waals surface area contributed by atoms with Crippen LogP contribution in [0, 0.1) is 11.6 Å². The van der Waals surface area contributed by atoms with E-state index >= 15 is 0 Å².